The molecule has 0 spiro atoms. The summed E-state index contributed by atoms with van der Waals surface area (Å²) in [5, 5.41) is 6.84. The molecular weight excluding hydrogens is 304 g/mol. The lowest BCUT2D eigenvalue weighted by atomic mass is 10.1. The molecule has 128 valence electrons. The molecule has 24 heavy (non-hydrogen) atoms. The number of likely N-dealkylation sites (N-methyl/N-ethyl adjacent to an activating group) is 1. The quantitative estimate of drug-likeness (QED) is 0.905. The summed E-state index contributed by atoms with van der Waals surface area (Å²) < 4.78 is 5.28. The Morgan fingerprint density at radius 3 is 2.67 bits per heavy atom. The van der Waals surface area contributed by atoms with Crippen LogP contribution in [0.2, 0.25) is 0 Å². The summed E-state index contributed by atoms with van der Waals surface area (Å²) in [6.07, 6.45) is 0. The normalized spacial score (nSPS) is 17.6. The highest BCUT2D eigenvalue weighted by Crippen LogP contribution is 2.19. The average molecular weight is 328 g/mol. The number of amides is 1. The van der Waals surface area contributed by atoms with Gasteiger partial charge in [-0.15, -0.1) is 0 Å². The highest BCUT2D eigenvalue weighted by molar-refractivity contribution is 5.93. The molecule has 0 unspecified atom stereocenters. The highest BCUT2D eigenvalue weighted by atomic mass is 16.5. The van der Waals surface area contributed by atoms with E-state index in [4.69, 9.17) is 4.52 Å². The molecule has 1 aliphatic rings. The number of benzene rings is 1. The van der Waals surface area contributed by atoms with Crippen molar-refractivity contribution in [3.63, 3.8) is 0 Å². The van der Waals surface area contributed by atoms with E-state index in [1.807, 2.05) is 30.3 Å². The first kappa shape index (κ1) is 16.7. The summed E-state index contributed by atoms with van der Waals surface area (Å²) in [4.78, 5) is 17.0. The van der Waals surface area contributed by atoms with Gasteiger partial charge < -0.3 is 14.7 Å². The Labute approximate surface area is 142 Å². The van der Waals surface area contributed by atoms with Crippen molar-refractivity contribution < 1.29 is 9.32 Å². The number of nitrogens with zero attached hydrogens (tertiary/aromatic N) is 3. The maximum Gasteiger partial charge on any atom is 0.273 e. The molecule has 0 aliphatic carbocycles. The van der Waals surface area contributed by atoms with Crippen molar-refractivity contribution in [2.75, 3.05) is 39.8 Å². The van der Waals surface area contributed by atoms with Crippen LogP contribution in [0.4, 0.5) is 0 Å². The molecule has 1 fully saturated rings. The van der Waals surface area contributed by atoms with Crippen LogP contribution >= 0.6 is 0 Å². The average Bonchev–Trinajstić information content (AvgIpc) is 3.11. The minimum atomic E-state index is -0.193. The number of nitrogens with one attached hydrogen (secondary N) is 1. The predicted octanol–water partition coefficient (Wildman–Crippen LogP) is 1.71. The van der Waals surface area contributed by atoms with Crippen molar-refractivity contribution in [3.8, 4) is 11.3 Å². The minimum Gasteiger partial charge on any atom is -0.355 e. The summed E-state index contributed by atoms with van der Waals surface area (Å²) >= 11 is 0. The topological polar surface area (TPSA) is 61.6 Å². The van der Waals surface area contributed by atoms with E-state index < -0.39 is 0 Å². The van der Waals surface area contributed by atoms with Gasteiger partial charge in [0.25, 0.3) is 5.91 Å². The van der Waals surface area contributed by atoms with Gasteiger partial charge in [-0.2, -0.15) is 0 Å². The van der Waals surface area contributed by atoms with Crippen LogP contribution in [0.5, 0.6) is 0 Å². The summed E-state index contributed by atoms with van der Waals surface area (Å²) in [6, 6.07) is 11.6. The number of hydrogen-bond acceptors (Lipinski definition) is 5. The van der Waals surface area contributed by atoms with Gasteiger partial charge in [-0.25, -0.2) is 0 Å². The van der Waals surface area contributed by atoms with Crippen molar-refractivity contribution in [3.05, 3.63) is 42.1 Å². The summed E-state index contributed by atoms with van der Waals surface area (Å²) in [5.74, 6) is 0.412. The summed E-state index contributed by atoms with van der Waals surface area (Å²) in [6.45, 7) is 6.97. The van der Waals surface area contributed by atoms with Crippen LogP contribution in [0, 0.1) is 0 Å². The molecule has 3 rings (SSSR count). The number of carbonyl (C=O) groups excluding carboxylic acids is 1. The van der Waals surface area contributed by atoms with Crippen LogP contribution in [-0.2, 0) is 0 Å². The van der Waals surface area contributed by atoms with E-state index in [2.05, 4.69) is 34.2 Å². The highest BCUT2D eigenvalue weighted by Gasteiger charge is 2.20. The molecule has 1 atom stereocenters. The Kier molecular flexibility index (Phi) is 5.27. The molecule has 1 saturated heterocycles. The Hall–Kier alpha value is -2.18. The Morgan fingerprint density at radius 1 is 1.25 bits per heavy atom. The molecular formula is C18H24N4O2. The third-order valence-corrected chi connectivity index (χ3v) is 4.52. The number of aromatic nitrogens is 1. The fraction of sp³-hybridized carbons (Fsp3) is 0.444. The zero-order chi connectivity index (χ0) is 16.9. The minimum absolute atomic E-state index is 0.193. The lowest BCUT2D eigenvalue weighted by molar-refractivity contribution is 0.0895. The van der Waals surface area contributed by atoms with Crippen molar-refractivity contribution >= 4 is 5.91 Å². The molecule has 2 aromatic rings. The van der Waals surface area contributed by atoms with Gasteiger partial charge in [0.05, 0.1) is 0 Å². The largest absolute Gasteiger partial charge is 0.355 e. The Morgan fingerprint density at radius 2 is 1.96 bits per heavy atom. The van der Waals surface area contributed by atoms with Crippen LogP contribution in [0.25, 0.3) is 11.3 Å². The number of hydrogen-bond donors (Lipinski definition) is 1. The summed E-state index contributed by atoms with van der Waals surface area (Å²) in [7, 11) is 2.14. The van der Waals surface area contributed by atoms with E-state index >= 15 is 0 Å². The second kappa shape index (κ2) is 7.59. The second-order valence-corrected chi connectivity index (χ2v) is 6.34. The lowest BCUT2D eigenvalue weighted by Crippen LogP contribution is -2.51. The molecule has 2 heterocycles. The van der Waals surface area contributed by atoms with Crippen molar-refractivity contribution in [2.24, 2.45) is 0 Å². The summed E-state index contributed by atoms with van der Waals surface area (Å²) in [5.41, 5.74) is 1.23. The number of rotatable bonds is 5. The molecule has 1 amide bonds. The first-order valence-electron chi connectivity index (χ1n) is 8.36. The fourth-order valence-corrected chi connectivity index (χ4v) is 2.84. The molecule has 0 radical (unpaired) electrons. The van der Waals surface area contributed by atoms with E-state index in [0.29, 0.717) is 24.0 Å². The Bertz CT molecular complexity index is 663. The fourth-order valence-electron chi connectivity index (χ4n) is 2.84. The second-order valence-electron chi connectivity index (χ2n) is 6.34. The molecule has 1 aliphatic heterocycles. The SMILES string of the molecule is C[C@@H](CNC(=O)c1cc(-c2ccccc2)on1)N1CCN(C)CC1. The monoisotopic (exact) mass is 328 g/mol. The molecule has 6 nitrogen and oxygen atoms in total. The van der Waals surface area contributed by atoms with Crippen LogP contribution in [-0.4, -0.2) is 66.7 Å². The van der Waals surface area contributed by atoms with Gasteiger partial charge in [0.2, 0.25) is 0 Å². The standard InChI is InChI=1S/C18H24N4O2/c1-14(22-10-8-21(2)9-11-22)13-19-18(23)16-12-17(24-20-16)15-6-4-3-5-7-15/h3-7,12,14H,8-11,13H2,1-2H3,(H,19,23)/t14-/m0/s1. The van der Waals surface area contributed by atoms with Gasteiger partial charge in [-0.3, -0.25) is 9.69 Å². The van der Waals surface area contributed by atoms with Gasteiger partial charge in [-0.05, 0) is 14.0 Å². The van der Waals surface area contributed by atoms with E-state index in [1.165, 1.54) is 0 Å². The zero-order valence-electron chi connectivity index (χ0n) is 14.2. The molecule has 0 saturated carbocycles. The molecule has 1 N–H and O–H groups in total. The van der Waals surface area contributed by atoms with E-state index in [0.717, 1.165) is 31.7 Å². The maximum absolute atomic E-state index is 12.3. The zero-order valence-corrected chi connectivity index (χ0v) is 14.2. The van der Waals surface area contributed by atoms with Gasteiger partial charge in [0, 0.05) is 50.4 Å². The Balaban J connectivity index is 1.53. The van der Waals surface area contributed by atoms with E-state index in [1.54, 1.807) is 6.07 Å². The predicted molar refractivity (Wildman–Crippen MR) is 92.8 cm³/mol. The van der Waals surface area contributed by atoms with Gasteiger partial charge in [0.15, 0.2) is 11.5 Å². The smallest absolute Gasteiger partial charge is 0.273 e. The van der Waals surface area contributed by atoms with Crippen molar-refractivity contribution in [1.82, 2.24) is 20.3 Å². The van der Waals surface area contributed by atoms with E-state index in [-0.39, 0.29) is 5.91 Å². The van der Waals surface area contributed by atoms with E-state index in [9.17, 15) is 4.79 Å². The first-order valence-corrected chi connectivity index (χ1v) is 8.36. The maximum atomic E-state index is 12.3. The van der Waals surface area contributed by atoms with Crippen LogP contribution in [0.1, 0.15) is 17.4 Å². The van der Waals surface area contributed by atoms with Gasteiger partial charge in [0.1, 0.15) is 0 Å². The number of piperazine rings is 1. The lowest BCUT2D eigenvalue weighted by Gasteiger charge is -2.36. The van der Waals surface area contributed by atoms with Gasteiger partial charge >= 0.3 is 0 Å². The molecule has 1 aromatic heterocycles. The third kappa shape index (κ3) is 4.01. The van der Waals surface area contributed by atoms with Crippen LogP contribution in [0.3, 0.4) is 0 Å². The van der Waals surface area contributed by atoms with Crippen molar-refractivity contribution in [2.45, 2.75) is 13.0 Å². The first-order chi connectivity index (χ1) is 11.6. The van der Waals surface area contributed by atoms with Gasteiger partial charge in [-0.1, -0.05) is 35.5 Å². The number of carbonyl (C=O) groups is 1. The molecule has 1 aromatic carbocycles. The van der Waals surface area contributed by atoms with Crippen molar-refractivity contribution in [1.29, 1.82) is 0 Å². The van der Waals surface area contributed by atoms with Crippen LogP contribution in [0.15, 0.2) is 40.9 Å². The molecule has 6 heteroatoms. The van der Waals surface area contributed by atoms with Crippen LogP contribution < -0.4 is 5.32 Å². The third-order valence-electron chi connectivity index (χ3n) is 4.52. The molecule has 0 bridgehead atoms.